The van der Waals surface area contributed by atoms with E-state index in [1.165, 1.54) is 18.2 Å². The summed E-state index contributed by atoms with van der Waals surface area (Å²) in [4.78, 5) is 34.9. The zero-order chi connectivity index (χ0) is 16.8. The fourth-order valence-electron chi connectivity index (χ4n) is 1.87. The van der Waals surface area contributed by atoms with Crippen molar-refractivity contribution in [3.63, 3.8) is 0 Å². The molecular weight excluding hydrogens is 304 g/mol. The maximum absolute atomic E-state index is 12.0. The summed E-state index contributed by atoms with van der Waals surface area (Å²) in [6.45, 7) is 3.51. The Morgan fingerprint density at radius 3 is 2.52 bits per heavy atom. The third-order valence-corrected chi connectivity index (χ3v) is 2.84. The van der Waals surface area contributed by atoms with E-state index < -0.39 is 11.9 Å². The Morgan fingerprint density at radius 2 is 1.83 bits per heavy atom. The van der Waals surface area contributed by atoms with Crippen molar-refractivity contribution in [3.05, 3.63) is 40.2 Å². The maximum Gasteiger partial charge on any atom is 0.374 e. The number of hydrogen-bond acceptors (Lipinski definition) is 7. The molecule has 0 saturated heterocycles. The first kappa shape index (κ1) is 16.5. The molecule has 2 aromatic rings. The Labute approximate surface area is 131 Å². The Kier molecular flexibility index (Phi) is 5.35. The summed E-state index contributed by atoms with van der Waals surface area (Å²) in [5.41, 5.74) is -0.201. The molecule has 0 amide bonds. The molecule has 1 aromatic heterocycles. The average Bonchev–Trinajstić information content (AvgIpc) is 2.53. The Hall–Kier alpha value is -2.83. The lowest BCUT2D eigenvalue weighted by Gasteiger charge is -2.07. The molecule has 0 aliphatic carbocycles. The molecule has 0 radical (unpaired) electrons. The highest BCUT2D eigenvalue weighted by molar-refractivity contribution is 5.89. The molecular formula is C16H16O7. The summed E-state index contributed by atoms with van der Waals surface area (Å²) in [7, 11) is 0. The second-order valence-electron chi connectivity index (χ2n) is 4.45. The lowest BCUT2D eigenvalue weighted by molar-refractivity contribution is -0.145. The Morgan fingerprint density at radius 1 is 1.09 bits per heavy atom. The number of esters is 2. The highest BCUT2D eigenvalue weighted by atomic mass is 16.6. The van der Waals surface area contributed by atoms with Crippen LogP contribution in [0.2, 0.25) is 0 Å². The standard InChI is InChI=1S/C16H16O7/c1-3-20-15(18)9-22-10-5-6-11-12(17)8-14(16(19)21-4-2)23-13(11)7-10/h5-8H,3-4,9H2,1-2H3. The van der Waals surface area contributed by atoms with Crippen LogP contribution in [0.25, 0.3) is 11.0 Å². The largest absolute Gasteiger partial charge is 0.482 e. The molecule has 0 aliphatic heterocycles. The monoisotopic (exact) mass is 320 g/mol. The second-order valence-corrected chi connectivity index (χ2v) is 4.45. The van der Waals surface area contributed by atoms with Crippen LogP contribution in [0.15, 0.2) is 33.5 Å². The summed E-state index contributed by atoms with van der Waals surface area (Å²) in [6.07, 6.45) is 0. The molecule has 7 nitrogen and oxygen atoms in total. The summed E-state index contributed by atoms with van der Waals surface area (Å²) in [5.74, 6) is -1.10. The van der Waals surface area contributed by atoms with E-state index in [1.807, 2.05) is 0 Å². The van der Waals surface area contributed by atoms with Gasteiger partial charge >= 0.3 is 11.9 Å². The van der Waals surface area contributed by atoms with Gasteiger partial charge in [-0.15, -0.1) is 0 Å². The smallest absolute Gasteiger partial charge is 0.374 e. The molecule has 1 aromatic carbocycles. The summed E-state index contributed by atoms with van der Waals surface area (Å²) >= 11 is 0. The molecule has 0 spiro atoms. The first-order valence-electron chi connectivity index (χ1n) is 7.08. The Bertz CT molecular complexity index is 776. The number of benzene rings is 1. The van der Waals surface area contributed by atoms with Crippen LogP contribution in [-0.2, 0) is 14.3 Å². The van der Waals surface area contributed by atoms with E-state index in [0.717, 1.165) is 6.07 Å². The average molecular weight is 320 g/mol. The Balaban J connectivity index is 2.28. The van der Waals surface area contributed by atoms with E-state index in [4.69, 9.17) is 18.6 Å². The normalized spacial score (nSPS) is 10.3. The van der Waals surface area contributed by atoms with Gasteiger partial charge in [0.2, 0.25) is 5.76 Å². The third-order valence-electron chi connectivity index (χ3n) is 2.84. The van der Waals surface area contributed by atoms with E-state index in [9.17, 15) is 14.4 Å². The molecule has 0 N–H and O–H groups in total. The molecule has 122 valence electrons. The fourth-order valence-corrected chi connectivity index (χ4v) is 1.87. The summed E-state index contributed by atoms with van der Waals surface area (Å²) in [5, 5.41) is 0.293. The van der Waals surface area contributed by atoms with Crippen molar-refractivity contribution < 1.29 is 28.2 Å². The molecule has 2 rings (SSSR count). The van der Waals surface area contributed by atoms with Crippen molar-refractivity contribution in [2.75, 3.05) is 19.8 Å². The van der Waals surface area contributed by atoms with Gasteiger partial charge in [0.25, 0.3) is 0 Å². The summed E-state index contributed by atoms with van der Waals surface area (Å²) in [6, 6.07) is 5.54. The molecule has 0 bridgehead atoms. The fraction of sp³-hybridized carbons (Fsp3) is 0.312. The van der Waals surface area contributed by atoms with Gasteiger partial charge < -0.3 is 18.6 Å². The van der Waals surface area contributed by atoms with Crippen LogP contribution < -0.4 is 10.2 Å². The topological polar surface area (TPSA) is 92.0 Å². The minimum absolute atomic E-state index is 0.168. The van der Waals surface area contributed by atoms with Gasteiger partial charge in [0.1, 0.15) is 11.3 Å². The van der Waals surface area contributed by atoms with E-state index in [-0.39, 0.29) is 36.6 Å². The number of carbonyl (C=O) groups excluding carboxylic acids is 2. The highest BCUT2D eigenvalue weighted by Gasteiger charge is 2.14. The van der Waals surface area contributed by atoms with Crippen molar-refractivity contribution in [2.45, 2.75) is 13.8 Å². The SMILES string of the molecule is CCOC(=O)COc1ccc2c(=O)cc(C(=O)OCC)oc2c1. The van der Waals surface area contributed by atoms with Crippen molar-refractivity contribution in [3.8, 4) is 5.75 Å². The lowest BCUT2D eigenvalue weighted by Crippen LogP contribution is -2.14. The van der Waals surface area contributed by atoms with Gasteiger partial charge in [-0.1, -0.05) is 0 Å². The van der Waals surface area contributed by atoms with Gasteiger partial charge in [-0.2, -0.15) is 0 Å². The number of ether oxygens (including phenoxy) is 3. The second kappa shape index (κ2) is 7.44. The van der Waals surface area contributed by atoms with Crippen LogP contribution in [0.1, 0.15) is 24.4 Å². The maximum atomic E-state index is 12.0. The first-order chi connectivity index (χ1) is 11.0. The predicted molar refractivity (Wildman–Crippen MR) is 80.6 cm³/mol. The van der Waals surface area contributed by atoms with E-state index in [0.29, 0.717) is 11.1 Å². The minimum atomic E-state index is -0.718. The van der Waals surface area contributed by atoms with Crippen LogP contribution in [0.5, 0.6) is 5.75 Å². The van der Waals surface area contributed by atoms with Crippen LogP contribution in [-0.4, -0.2) is 31.8 Å². The van der Waals surface area contributed by atoms with Crippen molar-refractivity contribution in [1.29, 1.82) is 0 Å². The minimum Gasteiger partial charge on any atom is -0.482 e. The first-order valence-corrected chi connectivity index (χ1v) is 7.08. The van der Waals surface area contributed by atoms with Gasteiger partial charge in [-0.25, -0.2) is 9.59 Å². The predicted octanol–water partition coefficient (Wildman–Crippen LogP) is 1.91. The van der Waals surface area contributed by atoms with Crippen LogP contribution >= 0.6 is 0 Å². The number of hydrogen-bond donors (Lipinski definition) is 0. The van der Waals surface area contributed by atoms with E-state index >= 15 is 0 Å². The number of fused-ring (bicyclic) bond motifs is 1. The van der Waals surface area contributed by atoms with Crippen molar-refractivity contribution in [2.24, 2.45) is 0 Å². The molecule has 7 heteroatoms. The quantitative estimate of drug-likeness (QED) is 0.751. The van der Waals surface area contributed by atoms with Crippen LogP contribution in [0, 0.1) is 0 Å². The van der Waals surface area contributed by atoms with Gasteiger partial charge in [-0.3, -0.25) is 4.79 Å². The lowest BCUT2D eigenvalue weighted by atomic mass is 10.2. The van der Waals surface area contributed by atoms with Gasteiger partial charge in [0.15, 0.2) is 12.0 Å². The van der Waals surface area contributed by atoms with Crippen LogP contribution in [0.4, 0.5) is 0 Å². The van der Waals surface area contributed by atoms with Gasteiger partial charge in [0, 0.05) is 12.1 Å². The van der Waals surface area contributed by atoms with Gasteiger partial charge in [-0.05, 0) is 26.0 Å². The zero-order valence-electron chi connectivity index (χ0n) is 12.8. The summed E-state index contributed by atoms with van der Waals surface area (Å²) < 4.78 is 20.2. The van der Waals surface area contributed by atoms with Crippen molar-refractivity contribution in [1.82, 2.24) is 0 Å². The number of rotatable bonds is 6. The third kappa shape index (κ3) is 4.09. The number of carbonyl (C=O) groups is 2. The molecule has 0 saturated carbocycles. The molecule has 0 unspecified atom stereocenters. The highest BCUT2D eigenvalue weighted by Crippen LogP contribution is 2.20. The van der Waals surface area contributed by atoms with Crippen LogP contribution in [0.3, 0.4) is 0 Å². The molecule has 23 heavy (non-hydrogen) atoms. The molecule has 0 atom stereocenters. The molecule has 1 heterocycles. The molecule has 0 aliphatic rings. The van der Waals surface area contributed by atoms with E-state index in [1.54, 1.807) is 13.8 Å². The van der Waals surface area contributed by atoms with E-state index in [2.05, 4.69) is 0 Å². The zero-order valence-corrected chi connectivity index (χ0v) is 12.8. The van der Waals surface area contributed by atoms with Gasteiger partial charge in [0.05, 0.1) is 18.6 Å². The molecule has 0 fully saturated rings. The van der Waals surface area contributed by atoms with Crippen molar-refractivity contribution >= 4 is 22.9 Å².